The number of nitrogens with one attached hydrogen (secondary N) is 1. The molecule has 3 heteroatoms. The summed E-state index contributed by atoms with van der Waals surface area (Å²) in [6.07, 6.45) is 5.52. The third-order valence-electron chi connectivity index (χ3n) is 3.03. The molecule has 94 valence electrons. The summed E-state index contributed by atoms with van der Waals surface area (Å²) in [4.78, 5) is 0. The standard InChI is InChI=1S/C15H19N3/c1-4-18-11-14(10-17-18)9-16-13(3)15-7-5-12(2)6-8-15/h4-8,10-11,13,16H,1,9H2,2-3H3/t13-/m1/s1. The van der Waals surface area contributed by atoms with Crippen LogP contribution in [0, 0.1) is 6.92 Å². The van der Waals surface area contributed by atoms with Crippen molar-refractivity contribution in [2.75, 3.05) is 0 Å². The van der Waals surface area contributed by atoms with Gasteiger partial charge in [0.05, 0.1) is 6.20 Å². The molecule has 1 N–H and O–H groups in total. The van der Waals surface area contributed by atoms with Crippen molar-refractivity contribution in [3.8, 4) is 0 Å². The Morgan fingerprint density at radius 3 is 2.72 bits per heavy atom. The molecule has 0 aliphatic rings. The first-order chi connectivity index (χ1) is 8.69. The zero-order chi connectivity index (χ0) is 13.0. The van der Waals surface area contributed by atoms with Gasteiger partial charge in [-0.2, -0.15) is 5.10 Å². The van der Waals surface area contributed by atoms with E-state index in [-0.39, 0.29) is 0 Å². The summed E-state index contributed by atoms with van der Waals surface area (Å²) in [5.41, 5.74) is 3.75. The molecule has 1 aromatic carbocycles. The molecule has 0 radical (unpaired) electrons. The number of hydrogen-bond donors (Lipinski definition) is 1. The van der Waals surface area contributed by atoms with Crippen LogP contribution in [0.25, 0.3) is 6.20 Å². The van der Waals surface area contributed by atoms with E-state index in [0.29, 0.717) is 6.04 Å². The molecule has 18 heavy (non-hydrogen) atoms. The smallest absolute Gasteiger partial charge is 0.0538 e. The first kappa shape index (κ1) is 12.6. The van der Waals surface area contributed by atoms with E-state index in [2.05, 4.69) is 55.1 Å². The van der Waals surface area contributed by atoms with Crippen LogP contribution >= 0.6 is 0 Å². The van der Waals surface area contributed by atoms with Gasteiger partial charge in [-0.1, -0.05) is 36.4 Å². The molecule has 1 heterocycles. The molecular weight excluding hydrogens is 222 g/mol. The summed E-state index contributed by atoms with van der Waals surface area (Å²) in [7, 11) is 0. The van der Waals surface area contributed by atoms with Gasteiger partial charge in [0.15, 0.2) is 0 Å². The summed E-state index contributed by atoms with van der Waals surface area (Å²) in [6.45, 7) is 8.76. The number of aromatic nitrogens is 2. The van der Waals surface area contributed by atoms with E-state index in [1.54, 1.807) is 10.9 Å². The molecule has 0 aliphatic heterocycles. The summed E-state index contributed by atoms with van der Waals surface area (Å²) in [5, 5.41) is 7.64. The zero-order valence-corrected chi connectivity index (χ0v) is 10.9. The highest BCUT2D eigenvalue weighted by atomic mass is 15.2. The third-order valence-corrected chi connectivity index (χ3v) is 3.03. The van der Waals surface area contributed by atoms with Crippen LogP contribution in [0.2, 0.25) is 0 Å². The maximum Gasteiger partial charge on any atom is 0.0538 e. The van der Waals surface area contributed by atoms with Gasteiger partial charge in [0.2, 0.25) is 0 Å². The predicted molar refractivity (Wildman–Crippen MR) is 75.0 cm³/mol. The third kappa shape index (κ3) is 3.08. The van der Waals surface area contributed by atoms with Gasteiger partial charge in [-0.3, -0.25) is 0 Å². The Hall–Kier alpha value is -1.87. The Balaban J connectivity index is 1.93. The SMILES string of the molecule is C=Cn1cc(CN[C@H](C)c2ccc(C)cc2)cn1. The van der Waals surface area contributed by atoms with Crippen LogP contribution < -0.4 is 5.32 Å². The second-order valence-electron chi connectivity index (χ2n) is 4.52. The van der Waals surface area contributed by atoms with Crippen molar-refractivity contribution in [2.24, 2.45) is 0 Å². The van der Waals surface area contributed by atoms with E-state index in [0.717, 1.165) is 12.1 Å². The molecule has 0 amide bonds. The Kier molecular flexibility index (Phi) is 3.95. The Bertz CT molecular complexity index is 511. The highest BCUT2D eigenvalue weighted by molar-refractivity contribution is 5.24. The van der Waals surface area contributed by atoms with E-state index in [9.17, 15) is 0 Å². The van der Waals surface area contributed by atoms with Gasteiger partial charge >= 0.3 is 0 Å². The van der Waals surface area contributed by atoms with Crippen LogP contribution in [0.15, 0.2) is 43.2 Å². The van der Waals surface area contributed by atoms with Crippen LogP contribution in [0.3, 0.4) is 0 Å². The van der Waals surface area contributed by atoms with Gasteiger partial charge in [-0.25, -0.2) is 4.68 Å². The molecule has 0 spiro atoms. The second-order valence-corrected chi connectivity index (χ2v) is 4.52. The predicted octanol–water partition coefficient (Wildman–Crippen LogP) is 3.14. The maximum atomic E-state index is 4.16. The Labute approximate surface area is 108 Å². The van der Waals surface area contributed by atoms with Crippen molar-refractivity contribution >= 4 is 6.20 Å². The molecule has 0 saturated heterocycles. The van der Waals surface area contributed by atoms with Crippen molar-refractivity contribution < 1.29 is 0 Å². The summed E-state index contributed by atoms with van der Waals surface area (Å²) in [5.74, 6) is 0. The fraction of sp³-hybridized carbons (Fsp3) is 0.267. The molecule has 0 saturated carbocycles. The monoisotopic (exact) mass is 241 g/mol. The fourth-order valence-electron chi connectivity index (χ4n) is 1.81. The van der Waals surface area contributed by atoms with E-state index in [1.165, 1.54) is 11.1 Å². The minimum Gasteiger partial charge on any atom is -0.306 e. The normalized spacial score (nSPS) is 12.3. The number of aryl methyl sites for hydroxylation is 1. The van der Waals surface area contributed by atoms with Gasteiger partial charge in [0.25, 0.3) is 0 Å². The molecule has 1 aromatic heterocycles. The van der Waals surface area contributed by atoms with Crippen LogP contribution in [-0.2, 0) is 6.54 Å². The van der Waals surface area contributed by atoms with Crippen molar-refractivity contribution in [1.29, 1.82) is 0 Å². The lowest BCUT2D eigenvalue weighted by molar-refractivity contribution is 0.574. The largest absolute Gasteiger partial charge is 0.306 e. The van der Waals surface area contributed by atoms with Crippen LogP contribution in [0.1, 0.15) is 29.7 Å². The average molecular weight is 241 g/mol. The quantitative estimate of drug-likeness (QED) is 0.871. The van der Waals surface area contributed by atoms with Crippen LogP contribution in [-0.4, -0.2) is 9.78 Å². The van der Waals surface area contributed by atoms with E-state index in [1.807, 2.05) is 12.4 Å². The molecule has 2 rings (SSSR count). The molecule has 1 atom stereocenters. The first-order valence-electron chi connectivity index (χ1n) is 6.14. The van der Waals surface area contributed by atoms with E-state index in [4.69, 9.17) is 0 Å². The Morgan fingerprint density at radius 2 is 2.11 bits per heavy atom. The molecule has 0 aliphatic carbocycles. The molecule has 2 aromatic rings. The first-order valence-corrected chi connectivity index (χ1v) is 6.14. The molecule has 3 nitrogen and oxygen atoms in total. The number of hydrogen-bond acceptors (Lipinski definition) is 2. The Morgan fingerprint density at radius 1 is 1.39 bits per heavy atom. The minimum absolute atomic E-state index is 0.331. The van der Waals surface area contributed by atoms with E-state index >= 15 is 0 Å². The maximum absolute atomic E-state index is 4.16. The number of nitrogens with zero attached hydrogens (tertiary/aromatic N) is 2. The minimum atomic E-state index is 0.331. The lowest BCUT2D eigenvalue weighted by atomic mass is 10.1. The number of benzene rings is 1. The highest BCUT2D eigenvalue weighted by Crippen LogP contribution is 2.13. The van der Waals surface area contributed by atoms with E-state index < -0.39 is 0 Å². The van der Waals surface area contributed by atoms with Crippen LogP contribution in [0.4, 0.5) is 0 Å². The summed E-state index contributed by atoms with van der Waals surface area (Å²) >= 11 is 0. The van der Waals surface area contributed by atoms with Crippen molar-refractivity contribution in [1.82, 2.24) is 15.1 Å². The van der Waals surface area contributed by atoms with Gasteiger partial charge in [-0.05, 0) is 19.4 Å². The fourth-order valence-corrected chi connectivity index (χ4v) is 1.81. The van der Waals surface area contributed by atoms with Crippen molar-refractivity contribution in [3.63, 3.8) is 0 Å². The molecule has 0 fully saturated rings. The summed E-state index contributed by atoms with van der Waals surface area (Å²) in [6, 6.07) is 8.95. The number of rotatable bonds is 5. The highest BCUT2D eigenvalue weighted by Gasteiger charge is 2.05. The van der Waals surface area contributed by atoms with Crippen molar-refractivity contribution in [3.05, 3.63) is 59.9 Å². The summed E-state index contributed by atoms with van der Waals surface area (Å²) < 4.78 is 1.72. The lowest BCUT2D eigenvalue weighted by Gasteiger charge is -2.13. The van der Waals surface area contributed by atoms with Gasteiger partial charge < -0.3 is 5.32 Å². The topological polar surface area (TPSA) is 29.9 Å². The zero-order valence-electron chi connectivity index (χ0n) is 10.9. The second kappa shape index (κ2) is 5.65. The molecule has 0 unspecified atom stereocenters. The lowest BCUT2D eigenvalue weighted by Crippen LogP contribution is -2.17. The molecular formula is C15H19N3. The molecule has 0 bridgehead atoms. The van der Waals surface area contributed by atoms with Crippen molar-refractivity contribution in [2.45, 2.75) is 26.4 Å². The van der Waals surface area contributed by atoms with Crippen LogP contribution in [0.5, 0.6) is 0 Å². The van der Waals surface area contributed by atoms with Gasteiger partial charge in [0, 0.05) is 30.5 Å². The van der Waals surface area contributed by atoms with Gasteiger partial charge in [-0.15, -0.1) is 0 Å². The van der Waals surface area contributed by atoms with Gasteiger partial charge in [0.1, 0.15) is 0 Å². The average Bonchev–Trinajstić information content (AvgIpc) is 2.85.